The molecule has 0 saturated heterocycles. The molecule has 104 valence electrons. The van der Waals surface area contributed by atoms with Crippen LogP contribution in [0.4, 0.5) is 0 Å². The summed E-state index contributed by atoms with van der Waals surface area (Å²) in [4.78, 5) is 13.7. The van der Waals surface area contributed by atoms with E-state index in [0.29, 0.717) is 18.0 Å². The fourth-order valence-corrected chi connectivity index (χ4v) is 2.25. The summed E-state index contributed by atoms with van der Waals surface area (Å²) in [7, 11) is 3.79. The van der Waals surface area contributed by atoms with Crippen LogP contribution in [0.1, 0.15) is 12.5 Å². The molecule has 2 rings (SSSR count). The molecule has 0 aliphatic rings. The maximum absolute atomic E-state index is 11.4. The fourth-order valence-electron chi connectivity index (χ4n) is 2.25. The van der Waals surface area contributed by atoms with Gasteiger partial charge in [0, 0.05) is 20.1 Å². The highest BCUT2D eigenvalue weighted by Gasteiger charge is 2.09. The van der Waals surface area contributed by atoms with Crippen LogP contribution < -0.4 is 11.5 Å². The number of fused-ring (bicyclic) bond motifs is 1. The first-order valence-electron chi connectivity index (χ1n) is 6.48. The van der Waals surface area contributed by atoms with Crippen molar-refractivity contribution in [1.82, 2.24) is 9.47 Å². The Labute approximate surface area is 112 Å². The van der Waals surface area contributed by atoms with Gasteiger partial charge < -0.3 is 15.1 Å². The number of oxazole rings is 1. The number of benzene rings is 1. The molecule has 2 aromatic rings. The molecule has 0 fully saturated rings. The van der Waals surface area contributed by atoms with Gasteiger partial charge in [0.2, 0.25) is 0 Å². The standard InChI is InChI=1S/C14H21N3O2/c1-10(7-15)8-16(2)9-11-4-5-13-12(6-11)17(3)14(18)19-13/h4-6,10H,7-9,15H2,1-3H3. The summed E-state index contributed by atoms with van der Waals surface area (Å²) in [5.74, 6) is 0.157. The summed E-state index contributed by atoms with van der Waals surface area (Å²) in [5.41, 5.74) is 8.27. The third-order valence-corrected chi connectivity index (χ3v) is 3.33. The molecule has 5 nitrogen and oxygen atoms in total. The van der Waals surface area contributed by atoms with Gasteiger partial charge in [0.15, 0.2) is 5.58 Å². The van der Waals surface area contributed by atoms with E-state index in [9.17, 15) is 4.79 Å². The molecule has 0 aliphatic heterocycles. The normalized spacial score (nSPS) is 13.3. The predicted molar refractivity (Wildman–Crippen MR) is 76.0 cm³/mol. The van der Waals surface area contributed by atoms with Gasteiger partial charge in [0.1, 0.15) is 0 Å². The van der Waals surface area contributed by atoms with Gasteiger partial charge in [-0.25, -0.2) is 4.79 Å². The van der Waals surface area contributed by atoms with Crippen LogP contribution in [0.3, 0.4) is 0 Å². The van der Waals surface area contributed by atoms with Crippen molar-refractivity contribution in [2.24, 2.45) is 18.7 Å². The molecule has 5 heteroatoms. The van der Waals surface area contributed by atoms with Crippen molar-refractivity contribution in [2.75, 3.05) is 20.1 Å². The Morgan fingerprint density at radius 2 is 2.21 bits per heavy atom. The average Bonchev–Trinajstić information content (AvgIpc) is 2.65. The molecule has 1 aromatic heterocycles. The smallest absolute Gasteiger partial charge is 0.408 e. The Kier molecular flexibility index (Phi) is 4.07. The second-order valence-electron chi connectivity index (χ2n) is 5.27. The third-order valence-electron chi connectivity index (χ3n) is 3.33. The molecule has 0 aliphatic carbocycles. The molecule has 0 saturated carbocycles. The molecule has 0 spiro atoms. The highest BCUT2D eigenvalue weighted by molar-refractivity contribution is 5.73. The van der Waals surface area contributed by atoms with E-state index < -0.39 is 0 Å². The van der Waals surface area contributed by atoms with E-state index in [1.807, 2.05) is 18.2 Å². The highest BCUT2D eigenvalue weighted by Crippen LogP contribution is 2.15. The first-order chi connectivity index (χ1) is 9.01. The van der Waals surface area contributed by atoms with Gasteiger partial charge in [-0.05, 0) is 37.2 Å². The van der Waals surface area contributed by atoms with Crippen molar-refractivity contribution in [3.05, 3.63) is 34.3 Å². The number of nitrogens with two attached hydrogens (primary N) is 1. The van der Waals surface area contributed by atoms with E-state index in [0.717, 1.165) is 24.2 Å². The van der Waals surface area contributed by atoms with E-state index in [1.54, 1.807) is 7.05 Å². The Balaban J connectivity index is 2.17. The minimum Gasteiger partial charge on any atom is -0.408 e. The summed E-state index contributed by atoms with van der Waals surface area (Å²) >= 11 is 0. The maximum Gasteiger partial charge on any atom is 0.419 e. The van der Waals surface area contributed by atoms with Crippen LogP contribution in [0.5, 0.6) is 0 Å². The SMILES string of the molecule is CC(CN)CN(C)Cc1ccc2oc(=O)n(C)c2c1. The van der Waals surface area contributed by atoms with Crippen LogP contribution in [0.15, 0.2) is 27.4 Å². The first kappa shape index (κ1) is 13.8. The monoisotopic (exact) mass is 263 g/mol. The first-order valence-corrected chi connectivity index (χ1v) is 6.48. The van der Waals surface area contributed by atoms with Crippen molar-refractivity contribution < 1.29 is 4.42 Å². The molecule has 1 aromatic carbocycles. The number of nitrogens with zero attached hydrogens (tertiary/aromatic N) is 2. The number of hydrogen-bond acceptors (Lipinski definition) is 4. The molecule has 0 radical (unpaired) electrons. The van der Waals surface area contributed by atoms with Crippen LogP contribution in [0.2, 0.25) is 0 Å². The Bertz CT molecular complexity index is 615. The zero-order valence-corrected chi connectivity index (χ0v) is 11.7. The largest absolute Gasteiger partial charge is 0.419 e. The lowest BCUT2D eigenvalue weighted by atomic mass is 10.1. The molecule has 1 unspecified atom stereocenters. The maximum atomic E-state index is 11.4. The van der Waals surface area contributed by atoms with Gasteiger partial charge in [0.25, 0.3) is 0 Å². The number of hydrogen-bond donors (Lipinski definition) is 1. The lowest BCUT2D eigenvalue weighted by Crippen LogP contribution is -2.28. The lowest BCUT2D eigenvalue weighted by molar-refractivity contribution is 0.282. The van der Waals surface area contributed by atoms with Crippen molar-refractivity contribution in [3.63, 3.8) is 0 Å². The van der Waals surface area contributed by atoms with Crippen molar-refractivity contribution in [2.45, 2.75) is 13.5 Å². The molecule has 2 N–H and O–H groups in total. The minimum absolute atomic E-state index is 0.322. The molecule has 0 amide bonds. The van der Waals surface area contributed by atoms with E-state index >= 15 is 0 Å². The predicted octanol–water partition coefficient (Wildman–Crippen LogP) is 1.16. The van der Waals surface area contributed by atoms with Gasteiger partial charge in [-0.1, -0.05) is 13.0 Å². The summed E-state index contributed by atoms with van der Waals surface area (Å²) in [5, 5.41) is 0. The van der Waals surface area contributed by atoms with Gasteiger partial charge in [-0.3, -0.25) is 4.57 Å². The van der Waals surface area contributed by atoms with Crippen molar-refractivity contribution in [3.8, 4) is 0 Å². The quantitative estimate of drug-likeness (QED) is 0.879. The van der Waals surface area contributed by atoms with Crippen LogP contribution in [-0.2, 0) is 13.6 Å². The van der Waals surface area contributed by atoms with Crippen LogP contribution in [0.25, 0.3) is 11.1 Å². The van der Waals surface area contributed by atoms with Gasteiger partial charge in [0.05, 0.1) is 5.52 Å². The zero-order chi connectivity index (χ0) is 14.0. The summed E-state index contributed by atoms with van der Waals surface area (Å²) < 4.78 is 6.65. The van der Waals surface area contributed by atoms with Crippen molar-refractivity contribution in [1.29, 1.82) is 0 Å². The Hall–Kier alpha value is -1.59. The minimum atomic E-state index is -0.322. The van der Waals surface area contributed by atoms with Crippen molar-refractivity contribution >= 4 is 11.1 Å². The van der Waals surface area contributed by atoms with Crippen LogP contribution >= 0.6 is 0 Å². The Morgan fingerprint density at radius 3 is 2.89 bits per heavy atom. The van der Waals surface area contributed by atoms with Gasteiger partial charge >= 0.3 is 5.76 Å². The summed E-state index contributed by atoms with van der Waals surface area (Å²) in [6.07, 6.45) is 0. The Morgan fingerprint density at radius 1 is 1.47 bits per heavy atom. The average molecular weight is 263 g/mol. The number of rotatable bonds is 5. The second kappa shape index (κ2) is 5.59. The molecule has 19 heavy (non-hydrogen) atoms. The van der Waals surface area contributed by atoms with E-state index in [2.05, 4.69) is 18.9 Å². The summed E-state index contributed by atoms with van der Waals surface area (Å²) in [6.45, 7) is 4.62. The van der Waals surface area contributed by atoms with E-state index in [1.165, 1.54) is 4.57 Å². The van der Waals surface area contributed by atoms with Gasteiger partial charge in [-0.2, -0.15) is 0 Å². The van der Waals surface area contributed by atoms with E-state index in [-0.39, 0.29) is 5.76 Å². The number of aryl methyl sites for hydroxylation is 1. The zero-order valence-electron chi connectivity index (χ0n) is 11.7. The number of aromatic nitrogens is 1. The second-order valence-corrected chi connectivity index (χ2v) is 5.27. The molecular weight excluding hydrogens is 242 g/mol. The molecular formula is C14H21N3O2. The highest BCUT2D eigenvalue weighted by atomic mass is 16.4. The molecule has 1 heterocycles. The topological polar surface area (TPSA) is 64.4 Å². The third kappa shape index (κ3) is 3.05. The van der Waals surface area contributed by atoms with Gasteiger partial charge in [-0.15, -0.1) is 0 Å². The lowest BCUT2D eigenvalue weighted by Gasteiger charge is -2.20. The molecule has 0 bridgehead atoms. The van der Waals surface area contributed by atoms with Crippen LogP contribution in [0, 0.1) is 5.92 Å². The van der Waals surface area contributed by atoms with E-state index in [4.69, 9.17) is 10.2 Å². The molecule has 1 atom stereocenters. The summed E-state index contributed by atoms with van der Waals surface area (Å²) in [6, 6.07) is 5.85. The van der Waals surface area contributed by atoms with Crippen LogP contribution in [-0.4, -0.2) is 29.6 Å². The fraction of sp³-hybridized carbons (Fsp3) is 0.500.